The molecule has 112 valence electrons. The molecular weight excluding hydrogens is 270 g/mol. The van der Waals surface area contributed by atoms with Crippen molar-refractivity contribution in [1.29, 1.82) is 0 Å². The van der Waals surface area contributed by atoms with E-state index < -0.39 is 0 Å². The van der Waals surface area contributed by atoms with Crippen molar-refractivity contribution in [3.05, 3.63) is 41.5 Å². The fraction of sp³-hybridized carbons (Fsp3) is 0.467. The summed E-state index contributed by atoms with van der Waals surface area (Å²) in [5.74, 6) is 2.17. The van der Waals surface area contributed by atoms with E-state index in [9.17, 15) is 0 Å². The zero-order valence-electron chi connectivity index (χ0n) is 12.2. The molecule has 1 aromatic carbocycles. The lowest BCUT2D eigenvalue weighted by molar-refractivity contribution is 0.116. The van der Waals surface area contributed by atoms with Crippen molar-refractivity contribution in [2.45, 2.75) is 25.0 Å². The van der Waals surface area contributed by atoms with Crippen LogP contribution in [0.25, 0.3) is 0 Å². The molecule has 1 fully saturated rings. The van der Waals surface area contributed by atoms with E-state index in [0.29, 0.717) is 18.1 Å². The van der Waals surface area contributed by atoms with Crippen molar-refractivity contribution in [3.63, 3.8) is 0 Å². The van der Waals surface area contributed by atoms with Crippen LogP contribution < -0.4 is 10.1 Å². The Morgan fingerprint density at radius 2 is 2.10 bits per heavy atom. The van der Waals surface area contributed by atoms with Crippen LogP contribution in [-0.2, 0) is 11.2 Å². The van der Waals surface area contributed by atoms with E-state index in [4.69, 9.17) is 14.0 Å². The number of nitrogens with one attached hydrogen (secondary N) is 1. The van der Waals surface area contributed by atoms with Gasteiger partial charge in [-0.3, -0.25) is 0 Å². The van der Waals surface area contributed by atoms with Gasteiger partial charge in [0.05, 0.1) is 19.3 Å². The molecule has 0 aliphatic carbocycles. The van der Waals surface area contributed by atoms with Gasteiger partial charge in [-0.25, -0.2) is 0 Å². The number of hydrogen-bond donors (Lipinski definition) is 1. The Morgan fingerprint density at radius 1 is 1.29 bits per heavy atom. The highest BCUT2D eigenvalue weighted by Crippen LogP contribution is 2.23. The fourth-order valence-corrected chi connectivity index (χ4v) is 2.48. The number of ether oxygens (including phenoxy) is 2. The molecule has 0 radical (unpaired) electrons. The molecule has 6 heteroatoms. The maximum atomic E-state index is 5.35. The highest BCUT2D eigenvalue weighted by atomic mass is 16.5. The lowest BCUT2D eigenvalue weighted by Crippen LogP contribution is -2.16. The molecule has 2 aromatic rings. The standard InChI is InChI=1S/C15H19N3O3/c1-19-11-5-3-10(4-6-11)7-14-17-15(21-18-14)13-8-12(20-2)9-16-13/h3-6,12-13,16H,7-9H2,1-2H3. The number of benzene rings is 1. The third-order valence-corrected chi connectivity index (χ3v) is 3.73. The summed E-state index contributed by atoms with van der Waals surface area (Å²) in [7, 11) is 3.37. The first kappa shape index (κ1) is 14.0. The van der Waals surface area contributed by atoms with Crippen LogP contribution in [0.15, 0.2) is 28.8 Å². The summed E-state index contributed by atoms with van der Waals surface area (Å²) in [6, 6.07) is 7.95. The van der Waals surface area contributed by atoms with Crippen LogP contribution in [0.1, 0.15) is 29.7 Å². The summed E-state index contributed by atoms with van der Waals surface area (Å²) in [5, 5.41) is 7.38. The molecule has 0 bridgehead atoms. The molecule has 0 amide bonds. The average molecular weight is 289 g/mol. The van der Waals surface area contributed by atoms with Gasteiger partial charge in [0.2, 0.25) is 5.89 Å². The van der Waals surface area contributed by atoms with E-state index in [0.717, 1.165) is 24.3 Å². The van der Waals surface area contributed by atoms with Crippen LogP contribution >= 0.6 is 0 Å². The van der Waals surface area contributed by atoms with Crippen LogP contribution in [0, 0.1) is 0 Å². The predicted molar refractivity (Wildman–Crippen MR) is 76.3 cm³/mol. The van der Waals surface area contributed by atoms with Crippen molar-refractivity contribution in [1.82, 2.24) is 15.5 Å². The van der Waals surface area contributed by atoms with E-state index in [1.165, 1.54) is 0 Å². The molecule has 1 aliphatic rings. The third-order valence-electron chi connectivity index (χ3n) is 3.73. The second kappa shape index (κ2) is 6.24. The maximum Gasteiger partial charge on any atom is 0.243 e. The first-order chi connectivity index (χ1) is 10.3. The van der Waals surface area contributed by atoms with Gasteiger partial charge < -0.3 is 19.3 Å². The molecule has 0 spiro atoms. The van der Waals surface area contributed by atoms with Crippen molar-refractivity contribution >= 4 is 0 Å². The summed E-state index contributed by atoms with van der Waals surface area (Å²) in [4.78, 5) is 4.47. The molecule has 21 heavy (non-hydrogen) atoms. The van der Waals surface area contributed by atoms with Gasteiger partial charge in [-0.2, -0.15) is 4.98 Å². The molecule has 0 saturated carbocycles. The van der Waals surface area contributed by atoms with Crippen LogP contribution in [0.3, 0.4) is 0 Å². The maximum absolute atomic E-state index is 5.35. The summed E-state index contributed by atoms with van der Waals surface area (Å²) in [5.41, 5.74) is 1.12. The van der Waals surface area contributed by atoms with Crippen LogP contribution in [0.4, 0.5) is 0 Å². The zero-order chi connectivity index (χ0) is 14.7. The first-order valence-electron chi connectivity index (χ1n) is 7.00. The smallest absolute Gasteiger partial charge is 0.243 e. The van der Waals surface area contributed by atoms with Gasteiger partial charge in [0.15, 0.2) is 5.82 Å². The lowest BCUT2D eigenvalue weighted by atomic mass is 10.1. The number of rotatable bonds is 5. The Balaban J connectivity index is 1.64. The van der Waals surface area contributed by atoms with Crippen molar-refractivity contribution < 1.29 is 14.0 Å². The monoisotopic (exact) mass is 289 g/mol. The van der Waals surface area contributed by atoms with E-state index in [2.05, 4.69) is 15.5 Å². The summed E-state index contributed by atoms with van der Waals surface area (Å²) in [6.07, 6.45) is 1.72. The predicted octanol–water partition coefficient (Wildman–Crippen LogP) is 1.72. The number of methoxy groups -OCH3 is 2. The largest absolute Gasteiger partial charge is 0.497 e. The SMILES string of the molecule is COc1ccc(Cc2noc(C3CC(OC)CN3)n2)cc1. The second-order valence-electron chi connectivity index (χ2n) is 5.13. The van der Waals surface area contributed by atoms with Gasteiger partial charge in [-0.05, 0) is 24.1 Å². The van der Waals surface area contributed by atoms with Crippen LogP contribution in [0.5, 0.6) is 5.75 Å². The summed E-state index contributed by atoms with van der Waals surface area (Å²) >= 11 is 0. The molecule has 2 atom stereocenters. The average Bonchev–Trinajstić information content (AvgIpc) is 3.16. The zero-order valence-corrected chi connectivity index (χ0v) is 12.2. The normalized spacial score (nSPS) is 21.6. The molecule has 2 unspecified atom stereocenters. The molecule has 2 heterocycles. The van der Waals surface area contributed by atoms with E-state index in [-0.39, 0.29) is 12.1 Å². The van der Waals surface area contributed by atoms with Gasteiger partial charge in [-0.1, -0.05) is 17.3 Å². The van der Waals surface area contributed by atoms with Gasteiger partial charge in [0.1, 0.15) is 5.75 Å². The molecule has 1 aliphatic heterocycles. The Morgan fingerprint density at radius 3 is 2.76 bits per heavy atom. The summed E-state index contributed by atoms with van der Waals surface area (Å²) < 4.78 is 15.8. The number of aromatic nitrogens is 2. The molecule has 3 rings (SSSR count). The van der Waals surface area contributed by atoms with Gasteiger partial charge >= 0.3 is 0 Å². The van der Waals surface area contributed by atoms with Gasteiger partial charge in [0.25, 0.3) is 0 Å². The quantitative estimate of drug-likeness (QED) is 0.904. The van der Waals surface area contributed by atoms with E-state index in [1.807, 2.05) is 24.3 Å². The Hall–Kier alpha value is -1.92. The Labute approximate surface area is 123 Å². The first-order valence-corrected chi connectivity index (χ1v) is 7.00. The number of nitrogens with zero attached hydrogens (tertiary/aromatic N) is 2. The molecule has 1 saturated heterocycles. The minimum absolute atomic E-state index is 0.0899. The molecule has 6 nitrogen and oxygen atoms in total. The molecule has 1 N–H and O–H groups in total. The number of hydrogen-bond acceptors (Lipinski definition) is 6. The molecular formula is C15H19N3O3. The third kappa shape index (κ3) is 3.22. The minimum atomic E-state index is 0.0899. The van der Waals surface area contributed by atoms with Crippen molar-refractivity contribution in [2.75, 3.05) is 20.8 Å². The van der Waals surface area contributed by atoms with E-state index >= 15 is 0 Å². The highest BCUT2D eigenvalue weighted by molar-refractivity contribution is 5.28. The Kier molecular flexibility index (Phi) is 4.17. The fourth-order valence-electron chi connectivity index (χ4n) is 2.48. The topological polar surface area (TPSA) is 69.4 Å². The van der Waals surface area contributed by atoms with E-state index in [1.54, 1.807) is 14.2 Å². The van der Waals surface area contributed by atoms with Gasteiger partial charge in [0, 0.05) is 20.1 Å². The van der Waals surface area contributed by atoms with Crippen LogP contribution in [-0.4, -0.2) is 37.0 Å². The molecule has 1 aromatic heterocycles. The second-order valence-corrected chi connectivity index (χ2v) is 5.13. The Bertz CT molecular complexity index is 582. The van der Waals surface area contributed by atoms with Crippen LogP contribution in [0.2, 0.25) is 0 Å². The highest BCUT2D eigenvalue weighted by Gasteiger charge is 2.29. The minimum Gasteiger partial charge on any atom is -0.497 e. The van der Waals surface area contributed by atoms with Gasteiger partial charge in [-0.15, -0.1) is 0 Å². The van der Waals surface area contributed by atoms with Crippen molar-refractivity contribution in [2.24, 2.45) is 0 Å². The lowest BCUT2D eigenvalue weighted by Gasteiger charge is -2.04. The summed E-state index contributed by atoms with van der Waals surface area (Å²) in [6.45, 7) is 0.817. The van der Waals surface area contributed by atoms with Crippen molar-refractivity contribution in [3.8, 4) is 5.75 Å².